The first-order chi connectivity index (χ1) is 9.01. The number of nitrogens with two attached hydrogens (primary N) is 1. The summed E-state index contributed by atoms with van der Waals surface area (Å²) in [7, 11) is -3.64. The van der Waals surface area contributed by atoms with Crippen molar-refractivity contribution in [2.75, 3.05) is 24.4 Å². The third kappa shape index (κ3) is 3.65. The molecule has 7 heteroatoms. The van der Waals surface area contributed by atoms with Crippen LogP contribution in [0, 0.1) is 11.7 Å². The lowest BCUT2D eigenvalue weighted by atomic mass is 10.0. The van der Waals surface area contributed by atoms with Gasteiger partial charge in [0.1, 0.15) is 5.82 Å². The van der Waals surface area contributed by atoms with Crippen LogP contribution >= 0.6 is 0 Å². The van der Waals surface area contributed by atoms with E-state index in [1.807, 2.05) is 0 Å². The second-order valence-electron chi connectivity index (χ2n) is 4.72. The highest BCUT2D eigenvalue weighted by Gasteiger charge is 2.28. The molecule has 0 spiro atoms. The molecule has 1 unspecified atom stereocenters. The molecule has 1 fully saturated rings. The maximum absolute atomic E-state index is 13.0. The van der Waals surface area contributed by atoms with Crippen LogP contribution in [0.25, 0.3) is 0 Å². The second kappa shape index (κ2) is 5.85. The van der Waals surface area contributed by atoms with E-state index >= 15 is 0 Å². The smallest absolute Gasteiger partial charge is 0.301 e. The number of hydrogen-bond donors (Lipinski definition) is 2. The summed E-state index contributed by atoms with van der Waals surface area (Å²) >= 11 is 0. The summed E-state index contributed by atoms with van der Waals surface area (Å²) in [6.07, 6.45) is 1.74. The first-order valence-corrected chi connectivity index (χ1v) is 7.69. The largest absolute Gasteiger partial charge is 0.330 e. The summed E-state index contributed by atoms with van der Waals surface area (Å²) in [6, 6.07) is 5.40. The molecule has 0 radical (unpaired) electrons. The van der Waals surface area contributed by atoms with Crippen LogP contribution < -0.4 is 10.5 Å². The zero-order valence-electron chi connectivity index (χ0n) is 10.5. The highest BCUT2D eigenvalue weighted by atomic mass is 32.2. The second-order valence-corrected chi connectivity index (χ2v) is 6.39. The number of nitrogens with one attached hydrogen (secondary N) is 1. The summed E-state index contributed by atoms with van der Waals surface area (Å²) in [4.78, 5) is 0. The van der Waals surface area contributed by atoms with E-state index in [1.165, 1.54) is 22.5 Å². The van der Waals surface area contributed by atoms with E-state index in [2.05, 4.69) is 4.72 Å². The Morgan fingerprint density at radius 3 is 2.95 bits per heavy atom. The number of benzene rings is 1. The van der Waals surface area contributed by atoms with Gasteiger partial charge in [-0.25, -0.2) is 4.39 Å². The monoisotopic (exact) mass is 287 g/mol. The van der Waals surface area contributed by atoms with Crippen molar-refractivity contribution in [3.63, 3.8) is 0 Å². The lowest BCUT2D eigenvalue weighted by molar-refractivity contribution is 0.273. The summed E-state index contributed by atoms with van der Waals surface area (Å²) < 4.78 is 41.2. The van der Waals surface area contributed by atoms with Gasteiger partial charge in [0.15, 0.2) is 0 Å². The van der Waals surface area contributed by atoms with Gasteiger partial charge in [0.05, 0.1) is 5.69 Å². The lowest BCUT2D eigenvalue weighted by Gasteiger charge is -2.31. The summed E-state index contributed by atoms with van der Waals surface area (Å²) in [5.74, 6) is -0.281. The van der Waals surface area contributed by atoms with Crippen LogP contribution in [0.3, 0.4) is 0 Å². The minimum absolute atomic E-state index is 0.192. The lowest BCUT2D eigenvalue weighted by Crippen LogP contribution is -2.44. The van der Waals surface area contributed by atoms with Crippen molar-refractivity contribution in [1.29, 1.82) is 0 Å². The molecule has 0 aliphatic carbocycles. The Balaban J connectivity index is 2.09. The molecule has 0 aromatic heterocycles. The molecule has 19 heavy (non-hydrogen) atoms. The first-order valence-electron chi connectivity index (χ1n) is 6.25. The molecule has 1 aliphatic heterocycles. The Morgan fingerprint density at radius 2 is 2.26 bits per heavy atom. The van der Waals surface area contributed by atoms with Gasteiger partial charge in [0.25, 0.3) is 0 Å². The topological polar surface area (TPSA) is 75.4 Å². The van der Waals surface area contributed by atoms with Crippen LogP contribution in [0.1, 0.15) is 12.8 Å². The van der Waals surface area contributed by atoms with Crippen molar-refractivity contribution in [3.8, 4) is 0 Å². The number of rotatable bonds is 4. The van der Waals surface area contributed by atoms with E-state index in [-0.39, 0.29) is 11.6 Å². The van der Waals surface area contributed by atoms with E-state index in [9.17, 15) is 12.8 Å². The normalized spacial score (nSPS) is 21.3. The van der Waals surface area contributed by atoms with Gasteiger partial charge < -0.3 is 5.73 Å². The molecule has 5 nitrogen and oxygen atoms in total. The van der Waals surface area contributed by atoms with Crippen LogP contribution in [0.4, 0.5) is 10.1 Å². The van der Waals surface area contributed by atoms with E-state index < -0.39 is 16.0 Å². The minimum atomic E-state index is -3.64. The van der Waals surface area contributed by atoms with E-state index in [0.717, 1.165) is 18.9 Å². The van der Waals surface area contributed by atoms with Crippen LogP contribution in [-0.4, -0.2) is 32.4 Å². The van der Waals surface area contributed by atoms with Crippen LogP contribution in [0.2, 0.25) is 0 Å². The van der Waals surface area contributed by atoms with Crippen molar-refractivity contribution < 1.29 is 12.8 Å². The van der Waals surface area contributed by atoms with Gasteiger partial charge in [0, 0.05) is 13.1 Å². The Kier molecular flexibility index (Phi) is 4.38. The van der Waals surface area contributed by atoms with E-state index in [4.69, 9.17) is 5.73 Å². The van der Waals surface area contributed by atoms with Crippen molar-refractivity contribution in [1.82, 2.24) is 4.31 Å². The molecule has 0 amide bonds. The van der Waals surface area contributed by atoms with Gasteiger partial charge in [-0.3, -0.25) is 4.72 Å². The third-order valence-electron chi connectivity index (χ3n) is 3.23. The molecule has 3 N–H and O–H groups in total. The van der Waals surface area contributed by atoms with Crippen LogP contribution in [0.5, 0.6) is 0 Å². The summed E-state index contributed by atoms with van der Waals surface area (Å²) in [5.41, 5.74) is 5.82. The Morgan fingerprint density at radius 1 is 1.47 bits per heavy atom. The zero-order chi connectivity index (χ0) is 13.9. The quantitative estimate of drug-likeness (QED) is 0.872. The molecular weight excluding hydrogens is 269 g/mol. The fraction of sp³-hybridized carbons (Fsp3) is 0.500. The van der Waals surface area contributed by atoms with E-state index in [0.29, 0.717) is 19.6 Å². The zero-order valence-corrected chi connectivity index (χ0v) is 11.4. The number of hydrogen-bond acceptors (Lipinski definition) is 3. The standard InChI is InChI=1S/C12H18FN3O2S/c13-11-4-1-5-12(7-11)15-19(17,18)16-6-2-3-10(8-14)9-16/h1,4-5,7,10,15H,2-3,6,8-9,14H2. The maximum atomic E-state index is 13.0. The Bertz CT molecular complexity index is 536. The molecule has 2 rings (SSSR count). The highest BCUT2D eigenvalue weighted by Crippen LogP contribution is 2.20. The van der Waals surface area contributed by atoms with Crippen LogP contribution in [0.15, 0.2) is 24.3 Å². The van der Waals surface area contributed by atoms with Gasteiger partial charge in [0.2, 0.25) is 0 Å². The van der Waals surface area contributed by atoms with Crippen molar-refractivity contribution in [2.24, 2.45) is 11.7 Å². The van der Waals surface area contributed by atoms with Gasteiger partial charge >= 0.3 is 10.2 Å². The predicted molar refractivity (Wildman–Crippen MR) is 72.3 cm³/mol. The number of halogens is 1. The molecule has 1 aromatic rings. The molecule has 1 aliphatic rings. The molecule has 1 heterocycles. The molecule has 0 saturated carbocycles. The number of nitrogens with zero attached hydrogens (tertiary/aromatic N) is 1. The molecule has 1 atom stereocenters. The van der Waals surface area contributed by atoms with Gasteiger partial charge in [-0.2, -0.15) is 12.7 Å². The Labute approximate surface area is 112 Å². The fourth-order valence-electron chi connectivity index (χ4n) is 2.20. The molecule has 106 valence electrons. The summed E-state index contributed by atoms with van der Waals surface area (Å²) in [6.45, 7) is 1.37. The van der Waals surface area contributed by atoms with Crippen molar-refractivity contribution in [2.45, 2.75) is 12.8 Å². The molecule has 1 aromatic carbocycles. The Hall–Kier alpha value is -1.18. The number of piperidine rings is 1. The minimum Gasteiger partial charge on any atom is -0.330 e. The van der Waals surface area contributed by atoms with Crippen molar-refractivity contribution in [3.05, 3.63) is 30.1 Å². The molecular formula is C12H18FN3O2S. The predicted octanol–water partition coefficient (Wildman–Crippen LogP) is 1.15. The van der Waals surface area contributed by atoms with Gasteiger partial charge in [-0.1, -0.05) is 6.07 Å². The highest BCUT2D eigenvalue weighted by molar-refractivity contribution is 7.90. The average Bonchev–Trinajstić information content (AvgIpc) is 2.38. The van der Waals surface area contributed by atoms with Gasteiger partial charge in [-0.05, 0) is 43.5 Å². The SMILES string of the molecule is NCC1CCCN(S(=O)(=O)Nc2cccc(F)c2)C1. The third-order valence-corrected chi connectivity index (χ3v) is 4.73. The van der Waals surface area contributed by atoms with E-state index in [1.54, 1.807) is 0 Å². The number of anilines is 1. The fourth-order valence-corrected chi connectivity index (χ4v) is 3.53. The average molecular weight is 287 g/mol. The molecule has 1 saturated heterocycles. The van der Waals surface area contributed by atoms with Crippen molar-refractivity contribution >= 4 is 15.9 Å². The van der Waals surface area contributed by atoms with Crippen LogP contribution in [-0.2, 0) is 10.2 Å². The summed E-state index contributed by atoms with van der Waals surface area (Å²) in [5, 5.41) is 0. The van der Waals surface area contributed by atoms with Gasteiger partial charge in [-0.15, -0.1) is 0 Å². The molecule has 0 bridgehead atoms. The maximum Gasteiger partial charge on any atom is 0.301 e. The first kappa shape index (κ1) is 14.2.